The number of halogens is 1. The van der Waals surface area contributed by atoms with E-state index in [2.05, 4.69) is 10.9 Å². The lowest BCUT2D eigenvalue weighted by Crippen LogP contribution is -2.44. The summed E-state index contributed by atoms with van der Waals surface area (Å²) in [6.07, 6.45) is 0. The normalized spacial score (nSPS) is 10.2. The molecule has 2 aromatic carbocycles. The van der Waals surface area contributed by atoms with E-state index in [0.717, 1.165) is 16.7 Å². The molecule has 26 heavy (non-hydrogen) atoms. The minimum absolute atomic E-state index is 0.214. The van der Waals surface area contributed by atoms with Gasteiger partial charge in [-0.2, -0.15) is 0 Å². The zero-order chi connectivity index (χ0) is 19.3. The number of rotatable bonds is 5. The van der Waals surface area contributed by atoms with Gasteiger partial charge in [-0.3, -0.25) is 20.4 Å². The van der Waals surface area contributed by atoms with Crippen LogP contribution in [-0.2, 0) is 4.79 Å². The quantitative estimate of drug-likeness (QED) is 0.786. The minimum Gasteiger partial charge on any atom is -0.496 e. The molecule has 0 heterocycles. The van der Waals surface area contributed by atoms with E-state index in [0.29, 0.717) is 16.5 Å². The number of carbonyl (C=O) groups is 2. The average molecular weight is 377 g/mol. The van der Waals surface area contributed by atoms with Crippen molar-refractivity contribution < 1.29 is 19.1 Å². The fraction of sp³-hybridized carbons (Fsp3) is 0.263. The molecule has 2 N–H and O–H groups in total. The van der Waals surface area contributed by atoms with Crippen molar-refractivity contribution in [1.29, 1.82) is 0 Å². The smallest absolute Gasteiger partial charge is 0.276 e. The predicted molar refractivity (Wildman–Crippen MR) is 99.8 cm³/mol. The molecule has 0 unspecified atom stereocenters. The molecule has 0 saturated carbocycles. The second kappa shape index (κ2) is 8.58. The summed E-state index contributed by atoms with van der Waals surface area (Å²) in [6.45, 7) is 5.61. The lowest BCUT2D eigenvalue weighted by molar-refractivity contribution is -0.123. The van der Waals surface area contributed by atoms with Gasteiger partial charge in [0.05, 0.1) is 12.7 Å². The number of hydrazine groups is 1. The maximum atomic E-state index is 12.2. The molecule has 0 radical (unpaired) electrons. The van der Waals surface area contributed by atoms with Gasteiger partial charge in [-0.25, -0.2) is 0 Å². The standard InChI is InChI=1S/C19H21ClN2O4/c1-11-7-12(2)18(13(3)8-11)26-10-17(23)21-22-19(24)15-9-14(20)5-6-16(15)25-4/h5-9H,10H2,1-4H3,(H,21,23)(H,22,24). The van der Waals surface area contributed by atoms with Crippen LogP contribution in [0.5, 0.6) is 11.5 Å². The van der Waals surface area contributed by atoms with Crippen molar-refractivity contribution in [3.63, 3.8) is 0 Å². The van der Waals surface area contributed by atoms with Gasteiger partial charge in [-0.15, -0.1) is 0 Å². The molecule has 0 aromatic heterocycles. The van der Waals surface area contributed by atoms with E-state index in [1.165, 1.54) is 13.2 Å². The Bertz CT molecular complexity index is 813. The van der Waals surface area contributed by atoms with Crippen LogP contribution in [0.4, 0.5) is 0 Å². The van der Waals surface area contributed by atoms with Crippen LogP contribution in [-0.4, -0.2) is 25.5 Å². The number of hydrogen-bond acceptors (Lipinski definition) is 4. The summed E-state index contributed by atoms with van der Waals surface area (Å²) < 4.78 is 10.7. The first-order valence-corrected chi connectivity index (χ1v) is 8.33. The number of carbonyl (C=O) groups excluding carboxylic acids is 2. The SMILES string of the molecule is COc1ccc(Cl)cc1C(=O)NNC(=O)COc1c(C)cc(C)cc1C. The van der Waals surface area contributed by atoms with Crippen molar-refractivity contribution in [3.8, 4) is 11.5 Å². The van der Waals surface area contributed by atoms with Gasteiger partial charge >= 0.3 is 0 Å². The van der Waals surface area contributed by atoms with E-state index in [9.17, 15) is 9.59 Å². The molecule has 0 aliphatic rings. The van der Waals surface area contributed by atoms with Crippen molar-refractivity contribution in [2.24, 2.45) is 0 Å². The van der Waals surface area contributed by atoms with Crippen molar-refractivity contribution >= 4 is 23.4 Å². The topological polar surface area (TPSA) is 76.7 Å². The summed E-state index contributed by atoms with van der Waals surface area (Å²) >= 11 is 5.90. The molecule has 7 heteroatoms. The van der Waals surface area contributed by atoms with Gasteiger partial charge < -0.3 is 9.47 Å². The van der Waals surface area contributed by atoms with Crippen molar-refractivity contribution in [2.45, 2.75) is 20.8 Å². The summed E-state index contributed by atoms with van der Waals surface area (Å²) in [5, 5.41) is 0.385. The molecule has 0 spiro atoms. The van der Waals surface area contributed by atoms with E-state index in [4.69, 9.17) is 21.1 Å². The molecule has 2 rings (SSSR count). The fourth-order valence-corrected chi connectivity index (χ4v) is 2.79. The van der Waals surface area contributed by atoms with Gasteiger partial charge in [0.25, 0.3) is 11.8 Å². The Hall–Kier alpha value is -2.73. The molecular formula is C19H21ClN2O4. The molecule has 2 amide bonds. The van der Waals surface area contributed by atoms with Gasteiger partial charge in [0.2, 0.25) is 0 Å². The highest BCUT2D eigenvalue weighted by molar-refractivity contribution is 6.31. The van der Waals surface area contributed by atoms with Crippen LogP contribution in [0, 0.1) is 20.8 Å². The fourth-order valence-electron chi connectivity index (χ4n) is 2.62. The van der Waals surface area contributed by atoms with E-state index in [1.807, 2.05) is 32.9 Å². The van der Waals surface area contributed by atoms with Gasteiger partial charge in [-0.05, 0) is 50.1 Å². The van der Waals surface area contributed by atoms with Crippen LogP contribution in [0.1, 0.15) is 27.0 Å². The van der Waals surface area contributed by atoms with E-state index in [1.54, 1.807) is 12.1 Å². The number of methoxy groups -OCH3 is 1. The van der Waals surface area contributed by atoms with Gasteiger partial charge in [-0.1, -0.05) is 29.3 Å². The number of aryl methyl sites for hydroxylation is 3. The molecule has 2 aromatic rings. The number of nitrogens with one attached hydrogen (secondary N) is 2. The molecular weight excluding hydrogens is 356 g/mol. The predicted octanol–water partition coefficient (Wildman–Crippen LogP) is 3.11. The summed E-state index contributed by atoms with van der Waals surface area (Å²) in [5.41, 5.74) is 7.86. The average Bonchev–Trinajstić information content (AvgIpc) is 2.58. The first-order valence-electron chi connectivity index (χ1n) is 7.95. The van der Waals surface area contributed by atoms with E-state index in [-0.39, 0.29) is 12.2 Å². The van der Waals surface area contributed by atoms with Gasteiger partial charge in [0.1, 0.15) is 11.5 Å². The van der Waals surface area contributed by atoms with Crippen LogP contribution >= 0.6 is 11.6 Å². The van der Waals surface area contributed by atoms with Crippen molar-refractivity contribution in [2.75, 3.05) is 13.7 Å². The Morgan fingerprint density at radius 3 is 2.31 bits per heavy atom. The van der Waals surface area contributed by atoms with Gasteiger partial charge in [0.15, 0.2) is 6.61 Å². The largest absolute Gasteiger partial charge is 0.496 e. The maximum Gasteiger partial charge on any atom is 0.276 e. The second-order valence-corrected chi connectivity index (χ2v) is 6.30. The van der Waals surface area contributed by atoms with Crippen molar-refractivity contribution in [1.82, 2.24) is 10.9 Å². The van der Waals surface area contributed by atoms with Crippen LogP contribution in [0.15, 0.2) is 30.3 Å². The van der Waals surface area contributed by atoms with Crippen LogP contribution in [0.2, 0.25) is 5.02 Å². The highest BCUT2D eigenvalue weighted by Crippen LogP contribution is 2.24. The number of amides is 2. The van der Waals surface area contributed by atoms with Crippen molar-refractivity contribution in [3.05, 3.63) is 57.6 Å². The summed E-state index contributed by atoms with van der Waals surface area (Å²) in [7, 11) is 1.44. The number of hydrogen-bond donors (Lipinski definition) is 2. The monoisotopic (exact) mass is 376 g/mol. The Balaban J connectivity index is 1.93. The highest BCUT2D eigenvalue weighted by Gasteiger charge is 2.14. The summed E-state index contributed by atoms with van der Waals surface area (Å²) in [5.74, 6) is -0.0176. The van der Waals surface area contributed by atoms with E-state index < -0.39 is 11.8 Å². The lowest BCUT2D eigenvalue weighted by atomic mass is 10.1. The molecule has 0 saturated heterocycles. The second-order valence-electron chi connectivity index (χ2n) is 5.86. The van der Waals surface area contributed by atoms with Crippen LogP contribution in [0.3, 0.4) is 0 Å². The van der Waals surface area contributed by atoms with Crippen LogP contribution < -0.4 is 20.3 Å². The first kappa shape index (κ1) is 19.6. The Kier molecular flexibility index (Phi) is 6.46. The highest BCUT2D eigenvalue weighted by atomic mass is 35.5. The maximum absolute atomic E-state index is 12.2. The Labute approximate surface area is 157 Å². The zero-order valence-electron chi connectivity index (χ0n) is 15.1. The van der Waals surface area contributed by atoms with Crippen LogP contribution in [0.25, 0.3) is 0 Å². The molecule has 0 aliphatic heterocycles. The molecule has 0 aliphatic carbocycles. The molecule has 138 valence electrons. The summed E-state index contributed by atoms with van der Waals surface area (Å²) in [6, 6.07) is 8.60. The molecule has 0 atom stereocenters. The molecule has 0 fully saturated rings. The Morgan fingerprint density at radius 1 is 1.04 bits per heavy atom. The summed E-state index contributed by atoms with van der Waals surface area (Å²) in [4.78, 5) is 24.2. The third-order valence-corrected chi connectivity index (χ3v) is 3.91. The number of ether oxygens (including phenoxy) is 2. The number of benzene rings is 2. The third kappa shape index (κ3) is 4.89. The minimum atomic E-state index is -0.541. The van der Waals surface area contributed by atoms with E-state index >= 15 is 0 Å². The molecule has 6 nitrogen and oxygen atoms in total. The van der Waals surface area contributed by atoms with Gasteiger partial charge in [0, 0.05) is 5.02 Å². The third-order valence-electron chi connectivity index (χ3n) is 3.67. The molecule has 0 bridgehead atoms. The lowest BCUT2D eigenvalue weighted by Gasteiger charge is -2.14. The Morgan fingerprint density at radius 2 is 1.69 bits per heavy atom. The zero-order valence-corrected chi connectivity index (χ0v) is 15.9. The first-order chi connectivity index (χ1) is 12.3.